The Morgan fingerprint density at radius 3 is 2.81 bits per heavy atom. The first-order chi connectivity index (χ1) is 9.97. The second-order valence-electron chi connectivity index (χ2n) is 4.26. The van der Waals surface area contributed by atoms with Crippen molar-refractivity contribution in [3.63, 3.8) is 0 Å². The normalized spacial score (nSPS) is 11.3. The smallest absolute Gasteiger partial charge is 0.290 e. The minimum absolute atomic E-state index is 0.117. The van der Waals surface area contributed by atoms with E-state index in [4.69, 9.17) is 20.4 Å². The van der Waals surface area contributed by atoms with Crippen LogP contribution in [-0.2, 0) is 18.4 Å². The maximum atomic E-state index is 13.8. The van der Waals surface area contributed by atoms with Gasteiger partial charge in [-0.25, -0.2) is 4.39 Å². The zero-order valence-electron chi connectivity index (χ0n) is 11.0. The molecule has 0 saturated heterocycles. The summed E-state index contributed by atoms with van der Waals surface area (Å²) in [5, 5.41) is 11.1. The van der Waals surface area contributed by atoms with E-state index in [9.17, 15) is 9.18 Å². The number of carboxylic acid groups (broad SMARTS) is 1. The number of hydrogen-bond acceptors (Lipinski definition) is 4. The predicted octanol–water partition coefficient (Wildman–Crippen LogP) is 0.918. The van der Waals surface area contributed by atoms with Crippen LogP contribution in [0.2, 0.25) is 0 Å². The van der Waals surface area contributed by atoms with Gasteiger partial charge in [0.25, 0.3) is 6.47 Å². The Morgan fingerprint density at radius 1 is 1.52 bits per heavy atom. The Balaban J connectivity index is 0.000000497. The van der Waals surface area contributed by atoms with Gasteiger partial charge < -0.3 is 15.6 Å². The Labute approximate surface area is 118 Å². The number of nitrogens with zero attached hydrogens (tertiary/aromatic N) is 2. The molecule has 0 fully saturated rings. The SMILES string of the molecule is Cn1cc2c(n1)COc1c(F)cc(C(N)=O)cc1-2.O=CO. The molecule has 1 aliphatic heterocycles. The maximum absolute atomic E-state index is 13.8. The number of benzene rings is 1. The van der Waals surface area contributed by atoms with E-state index in [0.717, 1.165) is 11.6 Å². The number of aryl methyl sites for hydroxylation is 1. The van der Waals surface area contributed by atoms with Crippen LogP contribution in [0, 0.1) is 5.82 Å². The molecule has 0 unspecified atom stereocenters. The molecular weight excluding hydrogens is 281 g/mol. The molecule has 0 radical (unpaired) electrons. The molecule has 21 heavy (non-hydrogen) atoms. The Kier molecular flexibility index (Phi) is 3.88. The first-order valence-corrected chi connectivity index (χ1v) is 5.84. The van der Waals surface area contributed by atoms with E-state index in [0.29, 0.717) is 11.3 Å². The molecule has 8 heteroatoms. The zero-order valence-corrected chi connectivity index (χ0v) is 11.0. The van der Waals surface area contributed by atoms with Gasteiger partial charge in [-0.2, -0.15) is 5.10 Å². The van der Waals surface area contributed by atoms with Gasteiger partial charge in [-0.1, -0.05) is 0 Å². The van der Waals surface area contributed by atoms with E-state index < -0.39 is 11.7 Å². The van der Waals surface area contributed by atoms with Crippen molar-refractivity contribution in [2.24, 2.45) is 12.8 Å². The van der Waals surface area contributed by atoms with Crippen LogP contribution in [0.1, 0.15) is 16.1 Å². The fraction of sp³-hybridized carbons (Fsp3) is 0.154. The Morgan fingerprint density at radius 2 is 2.19 bits per heavy atom. The molecule has 2 heterocycles. The number of primary amides is 1. The lowest BCUT2D eigenvalue weighted by molar-refractivity contribution is -0.122. The number of aromatic nitrogens is 2. The first-order valence-electron chi connectivity index (χ1n) is 5.84. The van der Waals surface area contributed by atoms with Gasteiger partial charge in [0.15, 0.2) is 11.6 Å². The number of nitrogens with two attached hydrogens (primary N) is 1. The molecule has 0 aliphatic carbocycles. The standard InChI is InChI=1S/C12H10FN3O2.CH2O2/c1-16-4-8-7-2-6(12(14)17)3-9(13)11(7)18-5-10(8)15-16;2-1-3/h2-4H,5H2,1H3,(H2,14,17);1H,(H,2,3). The number of carbonyl (C=O) groups is 2. The topological polar surface area (TPSA) is 107 Å². The molecule has 0 bridgehead atoms. The fourth-order valence-corrected chi connectivity index (χ4v) is 2.09. The molecule has 3 N–H and O–H groups in total. The molecule has 1 aliphatic rings. The average molecular weight is 293 g/mol. The van der Waals surface area contributed by atoms with Gasteiger partial charge in [-0.05, 0) is 12.1 Å². The van der Waals surface area contributed by atoms with Gasteiger partial charge in [0.05, 0.1) is 0 Å². The number of fused-ring (bicyclic) bond motifs is 3. The number of amides is 1. The number of hydrogen-bond donors (Lipinski definition) is 2. The van der Waals surface area contributed by atoms with E-state index >= 15 is 0 Å². The summed E-state index contributed by atoms with van der Waals surface area (Å²) < 4.78 is 20.8. The molecule has 110 valence electrons. The molecule has 1 aromatic heterocycles. The van der Waals surface area contributed by atoms with Crippen molar-refractivity contribution in [1.29, 1.82) is 0 Å². The van der Waals surface area contributed by atoms with Crippen LogP contribution in [0.5, 0.6) is 5.75 Å². The largest absolute Gasteiger partial charge is 0.483 e. The molecule has 7 nitrogen and oxygen atoms in total. The highest BCUT2D eigenvalue weighted by Crippen LogP contribution is 2.39. The van der Waals surface area contributed by atoms with Crippen LogP contribution in [0.4, 0.5) is 4.39 Å². The zero-order chi connectivity index (χ0) is 15.6. The summed E-state index contributed by atoms with van der Waals surface area (Å²) in [5.74, 6) is -1.12. The Hall–Kier alpha value is -2.90. The van der Waals surface area contributed by atoms with Crippen molar-refractivity contribution in [1.82, 2.24) is 9.78 Å². The maximum Gasteiger partial charge on any atom is 0.290 e. The van der Waals surface area contributed by atoms with Crippen LogP contribution in [0.25, 0.3) is 11.1 Å². The van der Waals surface area contributed by atoms with Crippen molar-refractivity contribution in [2.45, 2.75) is 6.61 Å². The summed E-state index contributed by atoms with van der Waals surface area (Å²) >= 11 is 0. The van der Waals surface area contributed by atoms with Gasteiger partial charge >= 0.3 is 0 Å². The monoisotopic (exact) mass is 293 g/mol. The highest BCUT2D eigenvalue weighted by Gasteiger charge is 2.24. The first kappa shape index (κ1) is 14.5. The van der Waals surface area contributed by atoms with Gasteiger partial charge in [0.1, 0.15) is 12.3 Å². The molecule has 0 atom stereocenters. The lowest BCUT2D eigenvalue weighted by Gasteiger charge is -2.17. The molecule has 2 aromatic rings. The third-order valence-electron chi connectivity index (χ3n) is 2.88. The highest BCUT2D eigenvalue weighted by atomic mass is 19.1. The third-order valence-corrected chi connectivity index (χ3v) is 2.88. The summed E-state index contributed by atoms with van der Waals surface area (Å²) in [7, 11) is 1.77. The lowest BCUT2D eigenvalue weighted by atomic mass is 10.00. The average Bonchev–Trinajstić information content (AvgIpc) is 2.80. The molecule has 1 amide bonds. The van der Waals surface area contributed by atoms with Crippen molar-refractivity contribution in [3.05, 3.63) is 35.4 Å². The number of carbonyl (C=O) groups excluding carboxylic acids is 1. The lowest BCUT2D eigenvalue weighted by Crippen LogP contribution is -2.13. The van der Waals surface area contributed by atoms with Gasteiger partial charge in [0.2, 0.25) is 5.91 Å². The van der Waals surface area contributed by atoms with Crippen molar-refractivity contribution < 1.29 is 23.8 Å². The summed E-state index contributed by atoms with van der Waals surface area (Å²) in [4.78, 5) is 19.5. The van der Waals surface area contributed by atoms with E-state index in [1.807, 2.05) is 0 Å². The number of ether oxygens (including phenoxy) is 1. The van der Waals surface area contributed by atoms with E-state index in [1.54, 1.807) is 17.9 Å². The summed E-state index contributed by atoms with van der Waals surface area (Å²) in [6.45, 7) is -0.0317. The second kappa shape index (κ2) is 5.61. The quantitative estimate of drug-likeness (QED) is 0.760. The van der Waals surface area contributed by atoms with E-state index in [1.165, 1.54) is 6.07 Å². The second-order valence-corrected chi connectivity index (χ2v) is 4.26. The van der Waals surface area contributed by atoms with Gasteiger partial charge in [-0.3, -0.25) is 14.3 Å². The van der Waals surface area contributed by atoms with Crippen LogP contribution in [0.15, 0.2) is 18.3 Å². The number of halogens is 1. The minimum atomic E-state index is -0.673. The summed E-state index contributed by atoms with van der Waals surface area (Å²) in [6.07, 6.45) is 1.76. The van der Waals surface area contributed by atoms with Crippen molar-refractivity contribution in [2.75, 3.05) is 0 Å². The van der Waals surface area contributed by atoms with Crippen molar-refractivity contribution >= 4 is 12.4 Å². The van der Waals surface area contributed by atoms with Crippen LogP contribution >= 0.6 is 0 Å². The van der Waals surface area contributed by atoms with E-state index in [-0.39, 0.29) is 24.4 Å². The molecule has 0 saturated carbocycles. The van der Waals surface area contributed by atoms with Gasteiger partial charge in [0, 0.05) is 29.9 Å². The fourth-order valence-electron chi connectivity index (χ4n) is 2.09. The van der Waals surface area contributed by atoms with Crippen LogP contribution < -0.4 is 10.5 Å². The van der Waals surface area contributed by atoms with Gasteiger partial charge in [-0.15, -0.1) is 0 Å². The Bertz CT molecular complexity index is 712. The minimum Gasteiger partial charge on any atom is -0.483 e. The molecule has 1 aromatic carbocycles. The van der Waals surface area contributed by atoms with E-state index in [2.05, 4.69) is 5.10 Å². The van der Waals surface area contributed by atoms with Crippen molar-refractivity contribution in [3.8, 4) is 16.9 Å². The van der Waals surface area contributed by atoms with Crippen LogP contribution in [0.3, 0.4) is 0 Å². The molecular formula is C13H12FN3O4. The third kappa shape index (κ3) is 2.69. The summed E-state index contributed by atoms with van der Waals surface area (Å²) in [6, 6.07) is 2.61. The summed E-state index contributed by atoms with van der Waals surface area (Å²) in [5.41, 5.74) is 7.28. The van der Waals surface area contributed by atoms with Crippen LogP contribution in [-0.4, -0.2) is 27.3 Å². The number of rotatable bonds is 1. The molecule has 0 spiro atoms. The molecule has 3 rings (SSSR count). The highest BCUT2D eigenvalue weighted by molar-refractivity contribution is 5.95. The predicted molar refractivity (Wildman–Crippen MR) is 70.1 cm³/mol.